The van der Waals surface area contributed by atoms with E-state index in [0.29, 0.717) is 10.7 Å². The number of nitro groups is 1. The second-order valence-corrected chi connectivity index (χ2v) is 6.22. The molecule has 2 aromatic carbocycles. The summed E-state index contributed by atoms with van der Waals surface area (Å²) in [6, 6.07) is 8.84. The van der Waals surface area contributed by atoms with Crippen molar-refractivity contribution in [2.24, 2.45) is 0 Å². The number of nitrogens with one attached hydrogen (secondary N) is 1. The highest BCUT2D eigenvalue weighted by atomic mass is 35.5. The predicted molar refractivity (Wildman–Crippen MR) is 101 cm³/mol. The van der Waals surface area contributed by atoms with Crippen LogP contribution in [0.2, 0.25) is 5.02 Å². The van der Waals surface area contributed by atoms with E-state index in [1.165, 1.54) is 24.3 Å². The quantitative estimate of drug-likeness (QED) is 0.278. The van der Waals surface area contributed by atoms with Gasteiger partial charge >= 0.3 is 0 Å². The molecule has 1 aliphatic heterocycles. The van der Waals surface area contributed by atoms with Crippen LogP contribution < -0.4 is 10.2 Å². The maximum Gasteiger partial charge on any atom is 0.276 e. The SMILES string of the molecule is O=C1NC(=S)N(c2ccc(Cl)cc2)C(=O)/C1=C/c1cc(F)ccc1[N+](=O)[O-]. The summed E-state index contributed by atoms with van der Waals surface area (Å²) in [7, 11) is 0. The molecule has 7 nitrogen and oxygen atoms in total. The number of hydrogen-bond acceptors (Lipinski definition) is 5. The highest BCUT2D eigenvalue weighted by Gasteiger charge is 2.35. The summed E-state index contributed by atoms with van der Waals surface area (Å²) in [5.74, 6) is -2.39. The van der Waals surface area contributed by atoms with E-state index in [-0.39, 0.29) is 10.7 Å². The predicted octanol–water partition coefficient (Wildman–Crippen LogP) is 3.22. The van der Waals surface area contributed by atoms with E-state index < -0.39 is 33.8 Å². The molecule has 3 rings (SSSR count). The summed E-state index contributed by atoms with van der Waals surface area (Å²) in [4.78, 5) is 36.5. The van der Waals surface area contributed by atoms with E-state index in [9.17, 15) is 24.1 Å². The molecule has 0 unspecified atom stereocenters. The van der Waals surface area contributed by atoms with Gasteiger partial charge in [-0.1, -0.05) is 11.6 Å². The lowest BCUT2D eigenvalue weighted by molar-refractivity contribution is -0.385. The minimum atomic E-state index is -0.839. The number of benzene rings is 2. The van der Waals surface area contributed by atoms with Gasteiger partial charge in [-0.15, -0.1) is 0 Å². The number of nitro benzene ring substituents is 1. The summed E-state index contributed by atoms with van der Waals surface area (Å²) in [5.41, 5.74) is -0.751. The second-order valence-electron chi connectivity index (χ2n) is 5.39. The van der Waals surface area contributed by atoms with E-state index in [0.717, 1.165) is 29.2 Å². The Labute approximate surface area is 162 Å². The third kappa shape index (κ3) is 3.69. The van der Waals surface area contributed by atoms with Gasteiger partial charge in [0, 0.05) is 11.1 Å². The van der Waals surface area contributed by atoms with Gasteiger partial charge in [-0.2, -0.15) is 0 Å². The first-order valence-corrected chi connectivity index (χ1v) is 8.17. The smallest absolute Gasteiger partial charge is 0.276 e. The monoisotopic (exact) mass is 405 g/mol. The molecule has 1 heterocycles. The number of amides is 2. The van der Waals surface area contributed by atoms with E-state index in [2.05, 4.69) is 5.32 Å². The number of halogens is 2. The summed E-state index contributed by atoms with van der Waals surface area (Å²) >= 11 is 10.9. The number of carbonyl (C=O) groups is 2. The standard InChI is InChI=1S/C17H9ClFN3O4S/c18-10-1-4-12(5-2-10)21-16(24)13(15(23)20-17(21)27)8-9-7-11(19)3-6-14(9)22(25)26/h1-8H,(H,20,23,27)/b13-8+. The molecule has 0 atom stereocenters. The van der Waals surface area contributed by atoms with Crippen LogP contribution in [0.5, 0.6) is 0 Å². The summed E-state index contributed by atoms with van der Waals surface area (Å²) < 4.78 is 13.5. The summed E-state index contributed by atoms with van der Waals surface area (Å²) in [5, 5.41) is 13.8. The van der Waals surface area contributed by atoms with Gasteiger partial charge in [0.05, 0.1) is 16.2 Å². The maximum absolute atomic E-state index is 13.5. The van der Waals surface area contributed by atoms with Crippen molar-refractivity contribution in [2.75, 3.05) is 4.90 Å². The molecule has 0 bridgehead atoms. The highest BCUT2D eigenvalue weighted by Crippen LogP contribution is 2.26. The second kappa shape index (κ2) is 7.22. The van der Waals surface area contributed by atoms with Crippen LogP contribution in [0.25, 0.3) is 6.08 Å². The third-order valence-corrected chi connectivity index (χ3v) is 4.21. The Hall–Kier alpha value is -3.17. The van der Waals surface area contributed by atoms with Crippen molar-refractivity contribution in [3.8, 4) is 0 Å². The van der Waals surface area contributed by atoms with Crippen molar-refractivity contribution in [1.82, 2.24) is 5.32 Å². The van der Waals surface area contributed by atoms with Gasteiger partial charge in [0.1, 0.15) is 11.4 Å². The van der Waals surface area contributed by atoms with Gasteiger partial charge in [0.25, 0.3) is 17.5 Å². The Morgan fingerprint density at radius 3 is 2.48 bits per heavy atom. The van der Waals surface area contributed by atoms with Gasteiger partial charge in [-0.25, -0.2) is 4.39 Å². The van der Waals surface area contributed by atoms with Crippen molar-refractivity contribution in [2.45, 2.75) is 0 Å². The molecule has 0 radical (unpaired) electrons. The third-order valence-electron chi connectivity index (χ3n) is 3.67. The Kier molecular flexibility index (Phi) is 4.98. The van der Waals surface area contributed by atoms with Crippen LogP contribution in [-0.4, -0.2) is 21.9 Å². The first-order valence-electron chi connectivity index (χ1n) is 7.39. The van der Waals surface area contributed by atoms with Gasteiger partial charge < -0.3 is 0 Å². The minimum absolute atomic E-state index is 0.154. The molecular formula is C17H9ClFN3O4S. The molecule has 0 aromatic heterocycles. The van der Waals surface area contributed by atoms with E-state index >= 15 is 0 Å². The lowest BCUT2D eigenvalue weighted by Gasteiger charge is -2.28. The molecular weight excluding hydrogens is 397 g/mol. The average Bonchev–Trinajstić information content (AvgIpc) is 2.60. The van der Waals surface area contributed by atoms with Crippen molar-refractivity contribution in [3.63, 3.8) is 0 Å². The Balaban J connectivity index is 2.09. The Morgan fingerprint density at radius 1 is 1.19 bits per heavy atom. The topological polar surface area (TPSA) is 92.6 Å². The molecule has 1 saturated heterocycles. The molecule has 136 valence electrons. The lowest BCUT2D eigenvalue weighted by Crippen LogP contribution is -2.54. The van der Waals surface area contributed by atoms with Gasteiger partial charge in [0.15, 0.2) is 5.11 Å². The van der Waals surface area contributed by atoms with Crippen LogP contribution in [-0.2, 0) is 9.59 Å². The highest BCUT2D eigenvalue weighted by molar-refractivity contribution is 7.80. The summed E-state index contributed by atoms with van der Waals surface area (Å²) in [6.45, 7) is 0. The van der Waals surface area contributed by atoms with Crippen LogP contribution in [0.4, 0.5) is 15.8 Å². The fourth-order valence-corrected chi connectivity index (χ4v) is 2.85. The lowest BCUT2D eigenvalue weighted by atomic mass is 10.1. The molecule has 1 N–H and O–H groups in total. The number of carbonyl (C=O) groups excluding carboxylic acids is 2. The van der Waals surface area contributed by atoms with E-state index in [4.69, 9.17) is 23.8 Å². The maximum atomic E-state index is 13.5. The fraction of sp³-hybridized carbons (Fsp3) is 0. The minimum Gasteiger partial charge on any atom is -0.298 e. The zero-order valence-electron chi connectivity index (χ0n) is 13.3. The molecule has 0 spiro atoms. The Bertz CT molecular complexity index is 1020. The van der Waals surface area contributed by atoms with Gasteiger partial charge in [-0.05, 0) is 54.7 Å². The average molecular weight is 406 g/mol. The van der Waals surface area contributed by atoms with Crippen LogP contribution in [0.1, 0.15) is 5.56 Å². The zero-order valence-corrected chi connectivity index (χ0v) is 14.9. The number of hydrogen-bond donors (Lipinski definition) is 1. The van der Waals surface area contributed by atoms with Crippen LogP contribution in [0.15, 0.2) is 48.0 Å². The number of nitrogens with zero attached hydrogens (tertiary/aromatic N) is 2. The zero-order chi connectivity index (χ0) is 19.7. The van der Waals surface area contributed by atoms with Gasteiger partial charge in [-0.3, -0.25) is 29.9 Å². The largest absolute Gasteiger partial charge is 0.298 e. The van der Waals surface area contributed by atoms with Crippen LogP contribution in [0, 0.1) is 15.9 Å². The normalized spacial score (nSPS) is 15.9. The van der Waals surface area contributed by atoms with E-state index in [1.54, 1.807) is 0 Å². The van der Waals surface area contributed by atoms with Gasteiger partial charge in [0.2, 0.25) is 0 Å². The molecule has 2 amide bonds. The van der Waals surface area contributed by atoms with Crippen molar-refractivity contribution in [3.05, 3.63) is 74.6 Å². The molecule has 0 saturated carbocycles. The van der Waals surface area contributed by atoms with Crippen LogP contribution >= 0.6 is 23.8 Å². The van der Waals surface area contributed by atoms with E-state index in [1.807, 2.05) is 0 Å². The molecule has 0 aliphatic carbocycles. The molecule has 2 aromatic rings. The molecule has 10 heteroatoms. The molecule has 1 aliphatic rings. The molecule has 27 heavy (non-hydrogen) atoms. The fourth-order valence-electron chi connectivity index (χ4n) is 2.44. The number of anilines is 1. The number of thiocarbonyl (C=S) groups is 1. The molecule has 1 fully saturated rings. The first-order chi connectivity index (χ1) is 12.8. The number of rotatable bonds is 3. The van der Waals surface area contributed by atoms with Crippen molar-refractivity contribution >= 4 is 58.2 Å². The first kappa shape index (κ1) is 18.6. The Morgan fingerprint density at radius 2 is 1.85 bits per heavy atom. The van der Waals surface area contributed by atoms with Crippen LogP contribution in [0.3, 0.4) is 0 Å². The van der Waals surface area contributed by atoms with Crippen molar-refractivity contribution < 1.29 is 18.9 Å². The summed E-state index contributed by atoms with van der Waals surface area (Å²) in [6.07, 6.45) is 0.962. The van der Waals surface area contributed by atoms with Crippen molar-refractivity contribution in [1.29, 1.82) is 0 Å².